The summed E-state index contributed by atoms with van der Waals surface area (Å²) in [6.45, 7) is 10.7. The van der Waals surface area contributed by atoms with Crippen LogP contribution in [-0.2, 0) is 9.59 Å². The predicted octanol–water partition coefficient (Wildman–Crippen LogP) is 2.08. The van der Waals surface area contributed by atoms with E-state index in [9.17, 15) is 9.59 Å². The molecule has 0 aromatic rings. The van der Waals surface area contributed by atoms with Crippen LogP contribution in [0.15, 0.2) is 18.4 Å². The molecule has 0 fully saturated rings. The standard InChI is InChI=1S/C13H21NO2/c1-6-8-11(9(3)4)13(16)14-12(7-2)10(5)15/h8-9,11-12H,1,7H2,2-5H3,(H,14,16). The van der Waals surface area contributed by atoms with Gasteiger partial charge in [0.05, 0.1) is 12.0 Å². The minimum absolute atomic E-state index is 0.0130. The summed E-state index contributed by atoms with van der Waals surface area (Å²) in [7, 11) is 0. The maximum absolute atomic E-state index is 11.9. The van der Waals surface area contributed by atoms with Crippen molar-refractivity contribution in [3.05, 3.63) is 18.4 Å². The first-order chi connectivity index (χ1) is 7.43. The average Bonchev–Trinajstić information content (AvgIpc) is 2.21. The lowest BCUT2D eigenvalue weighted by Crippen LogP contribution is -2.43. The van der Waals surface area contributed by atoms with Crippen LogP contribution in [0.2, 0.25) is 0 Å². The van der Waals surface area contributed by atoms with Gasteiger partial charge in [0.2, 0.25) is 5.91 Å². The molecule has 2 atom stereocenters. The monoisotopic (exact) mass is 223 g/mol. The minimum atomic E-state index is -0.382. The average molecular weight is 223 g/mol. The van der Waals surface area contributed by atoms with Crippen molar-refractivity contribution in [1.29, 1.82) is 0 Å². The third-order valence-corrected chi connectivity index (χ3v) is 2.53. The molecule has 90 valence electrons. The van der Waals surface area contributed by atoms with Gasteiger partial charge in [0.25, 0.3) is 0 Å². The lowest BCUT2D eigenvalue weighted by Gasteiger charge is -2.20. The molecule has 3 heteroatoms. The molecule has 0 spiro atoms. The zero-order valence-corrected chi connectivity index (χ0v) is 10.5. The van der Waals surface area contributed by atoms with Crippen LogP contribution >= 0.6 is 0 Å². The summed E-state index contributed by atoms with van der Waals surface area (Å²) in [6, 6.07) is -0.382. The second kappa shape index (κ2) is 7.02. The summed E-state index contributed by atoms with van der Waals surface area (Å²) in [4.78, 5) is 23.1. The molecule has 0 rings (SSSR count). The van der Waals surface area contributed by atoms with Gasteiger partial charge >= 0.3 is 0 Å². The number of ketones is 1. The van der Waals surface area contributed by atoms with Crippen molar-refractivity contribution in [2.45, 2.75) is 40.2 Å². The molecule has 16 heavy (non-hydrogen) atoms. The Bertz CT molecular complexity index is 301. The second-order valence-electron chi connectivity index (χ2n) is 4.22. The van der Waals surface area contributed by atoms with Crippen LogP contribution in [0.4, 0.5) is 0 Å². The molecular weight excluding hydrogens is 202 g/mol. The molecule has 0 aromatic carbocycles. The summed E-state index contributed by atoms with van der Waals surface area (Å²) in [5.41, 5.74) is 2.63. The highest BCUT2D eigenvalue weighted by atomic mass is 16.2. The third kappa shape index (κ3) is 4.45. The molecule has 1 N–H and O–H groups in total. The highest BCUT2D eigenvalue weighted by molar-refractivity contribution is 5.89. The zero-order valence-electron chi connectivity index (χ0n) is 10.5. The Kier molecular flexibility index (Phi) is 6.43. The molecule has 0 saturated heterocycles. The first-order valence-corrected chi connectivity index (χ1v) is 5.60. The predicted molar refractivity (Wildman–Crippen MR) is 64.9 cm³/mol. The zero-order chi connectivity index (χ0) is 12.7. The van der Waals surface area contributed by atoms with Gasteiger partial charge in [0, 0.05) is 0 Å². The topological polar surface area (TPSA) is 46.2 Å². The molecule has 0 aliphatic rings. The number of rotatable bonds is 6. The van der Waals surface area contributed by atoms with Gasteiger partial charge < -0.3 is 5.32 Å². The largest absolute Gasteiger partial charge is 0.346 e. The van der Waals surface area contributed by atoms with Gasteiger partial charge in [-0.3, -0.25) is 9.59 Å². The fourth-order valence-electron chi connectivity index (χ4n) is 1.46. The molecule has 0 heterocycles. The first-order valence-electron chi connectivity index (χ1n) is 5.60. The minimum Gasteiger partial charge on any atom is -0.346 e. The van der Waals surface area contributed by atoms with Crippen LogP contribution < -0.4 is 5.32 Å². The number of nitrogens with one attached hydrogen (secondary N) is 1. The van der Waals surface area contributed by atoms with Gasteiger partial charge in [-0.25, -0.2) is 0 Å². The molecule has 3 nitrogen and oxygen atoms in total. The maximum Gasteiger partial charge on any atom is 0.228 e. The Labute approximate surface area is 97.6 Å². The number of carbonyl (C=O) groups excluding carboxylic acids is 2. The molecule has 0 aliphatic carbocycles. The van der Waals surface area contributed by atoms with E-state index in [1.807, 2.05) is 20.8 Å². The van der Waals surface area contributed by atoms with E-state index in [0.29, 0.717) is 6.42 Å². The third-order valence-electron chi connectivity index (χ3n) is 2.53. The Balaban J connectivity index is 4.63. The van der Waals surface area contributed by atoms with Crippen molar-refractivity contribution < 1.29 is 9.59 Å². The van der Waals surface area contributed by atoms with Crippen molar-refractivity contribution in [2.75, 3.05) is 0 Å². The van der Waals surface area contributed by atoms with Crippen molar-refractivity contribution in [2.24, 2.45) is 11.8 Å². The van der Waals surface area contributed by atoms with E-state index in [1.54, 1.807) is 6.08 Å². The lowest BCUT2D eigenvalue weighted by molar-refractivity contribution is -0.129. The quantitative estimate of drug-likeness (QED) is 0.701. The van der Waals surface area contributed by atoms with Gasteiger partial charge in [-0.2, -0.15) is 0 Å². The summed E-state index contributed by atoms with van der Waals surface area (Å²) >= 11 is 0. The van der Waals surface area contributed by atoms with E-state index in [1.165, 1.54) is 6.92 Å². The molecule has 1 amide bonds. The highest BCUT2D eigenvalue weighted by Crippen LogP contribution is 2.12. The molecule has 0 aliphatic heterocycles. The molecule has 2 unspecified atom stereocenters. The fourth-order valence-corrected chi connectivity index (χ4v) is 1.46. The summed E-state index contributed by atoms with van der Waals surface area (Å²) < 4.78 is 0. The Hall–Kier alpha value is -1.34. The van der Waals surface area contributed by atoms with Gasteiger partial charge in [-0.05, 0) is 25.3 Å². The molecule has 0 bridgehead atoms. The normalized spacial score (nSPS) is 13.8. The maximum atomic E-state index is 11.9. The number of Topliss-reactive ketones (excluding diaryl/α,β-unsaturated/α-hetero) is 1. The van der Waals surface area contributed by atoms with Gasteiger partial charge in [0.15, 0.2) is 5.78 Å². The Morgan fingerprint density at radius 2 is 2.00 bits per heavy atom. The number of hydrogen-bond acceptors (Lipinski definition) is 2. The van der Waals surface area contributed by atoms with Crippen LogP contribution in [0.1, 0.15) is 34.1 Å². The number of hydrogen-bond donors (Lipinski definition) is 1. The van der Waals surface area contributed by atoms with Gasteiger partial charge in [-0.1, -0.05) is 27.4 Å². The first kappa shape index (κ1) is 14.7. The van der Waals surface area contributed by atoms with Gasteiger partial charge in [-0.15, -0.1) is 5.73 Å². The van der Waals surface area contributed by atoms with Crippen LogP contribution in [-0.4, -0.2) is 17.7 Å². The van der Waals surface area contributed by atoms with Crippen molar-refractivity contribution in [1.82, 2.24) is 5.32 Å². The lowest BCUT2D eigenvalue weighted by atomic mass is 9.94. The van der Waals surface area contributed by atoms with E-state index in [4.69, 9.17) is 0 Å². The summed E-state index contributed by atoms with van der Waals surface area (Å²) in [6.07, 6.45) is 2.26. The van der Waals surface area contributed by atoms with E-state index in [2.05, 4.69) is 17.6 Å². The summed E-state index contributed by atoms with van der Waals surface area (Å²) in [5.74, 6) is -0.251. The van der Waals surface area contributed by atoms with Crippen LogP contribution in [0.3, 0.4) is 0 Å². The van der Waals surface area contributed by atoms with Crippen molar-refractivity contribution >= 4 is 11.7 Å². The van der Waals surface area contributed by atoms with E-state index < -0.39 is 0 Å². The highest BCUT2D eigenvalue weighted by Gasteiger charge is 2.23. The van der Waals surface area contributed by atoms with Crippen LogP contribution in [0.5, 0.6) is 0 Å². The molecule has 0 radical (unpaired) electrons. The fraction of sp³-hybridized carbons (Fsp3) is 0.615. The van der Waals surface area contributed by atoms with Crippen molar-refractivity contribution in [3.63, 3.8) is 0 Å². The molecule has 0 saturated carbocycles. The molecular formula is C13H21NO2. The van der Waals surface area contributed by atoms with E-state index in [-0.39, 0.29) is 29.6 Å². The second-order valence-corrected chi connectivity index (χ2v) is 4.22. The number of carbonyl (C=O) groups is 2. The molecule has 0 aromatic heterocycles. The smallest absolute Gasteiger partial charge is 0.228 e. The van der Waals surface area contributed by atoms with Gasteiger partial charge in [0.1, 0.15) is 0 Å². The van der Waals surface area contributed by atoms with Crippen LogP contribution in [0.25, 0.3) is 0 Å². The van der Waals surface area contributed by atoms with E-state index >= 15 is 0 Å². The van der Waals surface area contributed by atoms with E-state index in [0.717, 1.165) is 0 Å². The Morgan fingerprint density at radius 3 is 2.31 bits per heavy atom. The summed E-state index contributed by atoms with van der Waals surface area (Å²) in [5, 5.41) is 2.74. The van der Waals surface area contributed by atoms with Crippen molar-refractivity contribution in [3.8, 4) is 0 Å². The SMILES string of the molecule is C=C=CC(C(=O)NC(CC)C(C)=O)C(C)C. The van der Waals surface area contributed by atoms with Crippen LogP contribution in [0, 0.1) is 11.8 Å². The number of amides is 1. The Morgan fingerprint density at radius 1 is 1.44 bits per heavy atom.